The molecule has 1 unspecified atom stereocenters. The number of rotatable bonds is 12. The van der Waals surface area contributed by atoms with E-state index in [-0.39, 0.29) is 38.7 Å². The minimum atomic E-state index is -4.82. The van der Waals surface area contributed by atoms with Gasteiger partial charge in [-0.15, -0.1) is 14.6 Å². The highest BCUT2D eigenvalue weighted by molar-refractivity contribution is 7.94. The molecule has 0 spiro atoms. The van der Waals surface area contributed by atoms with Gasteiger partial charge in [0.1, 0.15) is 23.2 Å². The van der Waals surface area contributed by atoms with E-state index in [9.17, 15) is 28.0 Å². The Balaban J connectivity index is 1.93. The third-order valence-corrected chi connectivity index (χ3v) is 6.96. The first-order chi connectivity index (χ1) is 20.4. The number of phenols is 1. The van der Waals surface area contributed by atoms with Crippen molar-refractivity contribution >= 4 is 67.9 Å². The Morgan fingerprint density at radius 1 is 1.07 bits per heavy atom. The first kappa shape index (κ1) is 31.1. The summed E-state index contributed by atoms with van der Waals surface area (Å²) in [6, 6.07) is 7.81. The number of carbonyl (C=O) groups is 1. The molecule has 7 N–H and O–H groups in total. The van der Waals surface area contributed by atoms with Crippen molar-refractivity contribution < 1.29 is 52.5 Å². The number of benzene rings is 3. The summed E-state index contributed by atoms with van der Waals surface area (Å²) in [5.74, 6) is -2.25. The maximum Gasteiger partial charge on any atom is 0.325 e. The SMILES string of the molecule is COc1ccccc1N=Nc1c(SOOO)cc2cc(S(=O)(=O)O)cc(Nc3nc(O)nc(NC(C)C(=O)O)n3)c2c1O. The highest BCUT2D eigenvalue weighted by atomic mass is 32.2. The number of nitrogens with one attached hydrogen (secondary N) is 2. The molecule has 4 aromatic rings. The van der Waals surface area contributed by atoms with Crippen LogP contribution in [-0.2, 0) is 24.3 Å². The third-order valence-electron chi connectivity index (χ3n) is 5.50. The smallest absolute Gasteiger partial charge is 0.325 e. The topological polar surface area (TPSA) is 268 Å². The van der Waals surface area contributed by atoms with Crippen LogP contribution < -0.4 is 15.4 Å². The molecule has 1 atom stereocenters. The highest BCUT2D eigenvalue weighted by Crippen LogP contribution is 2.47. The summed E-state index contributed by atoms with van der Waals surface area (Å²) in [4.78, 5) is 21.8. The Bertz CT molecular complexity index is 1820. The van der Waals surface area contributed by atoms with Gasteiger partial charge in [-0.3, -0.25) is 9.35 Å². The molecule has 0 bridgehead atoms. The largest absolute Gasteiger partial charge is 0.505 e. The molecule has 3 aromatic carbocycles. The summed E-state index contributed by atoms with van der Waals surface area (Å²) in [7, 11) is -3.40. The van der Waals surface area contributed by atoms with Crippen molar-refractivity contribution in [2.24, 2.45) is 10.2 Å². The standard InChI is InChI=1S/C23H21N7O11S2/c1-10(20(32)33)24-21-26-22(28-23(34)27-21)25-14-9-12(43(36,37)38)7-11-8-16(42-41-40-35)18(19(31)17(11)14)30-29-13-5-3-4-6-15(13)39-2/h3-10,31,35H,1-2H3,(H,32,33)(H,36,37,38)(H3,24,25,26,27,28,34). The Hall–Kier alpha value is -4.86. The number of hydrogen-bond donors (Lipinski definition) is 7. The molecule has 0 radical (unpaired) electrons. The molecular weight excluding hydrogens is 614 g/mol. The Kier molecular flexibility index (Phi) is 9.38. The molecule has 0 aliphatic rings. The van der Waals surface area contributed by atoms with Crippen LogP contribution >= 0.6 is 12.0 Å². The Morgan fingerprint density at radius 2 is 1.79 bits per heavy atom. The van der Waals surface area contributed by atoms with Crippen molar-refractivity contribution in [2.45, 2.75) is 22.8 Å². The number of methoxy groups -OCH3 is 1. The zero-order valence-electron chi connectivity index (χ0n) is 21.9. The van der Waals surface area contributed by atoms with E-state index >= 15 is 0 Å². The van der Waals surface area contributed by atoms with E-state index in [1.807, 2.05) is 0 Å². The fourth-order valence-corrected chi connectivity index (χ4v) is 4.63. The van der Waals surface area contributed by atoms with E-state index in [1.54, 1.807) is 24.3 Å². The van der Waals surface area contributed by atoms with Gasteiger partial charge in [-0.25, -0.2) is 5.26 Å². The zero-order chi connectivity index (χ0) is 31.3. The second-order valence-corrected chi connectivity index (χ2v) is 10.5. The number of anilines is 3. The maximum atomic E-state index is 12.1. The van der Waals surface area contributed by atoms with Gasteiger partial charge >= 0.3 is 12.0 Å². The predicted octanol–water partition coefficient (Wildman–Crippen LogP) is 4.16. The molecule has 0 aliphatic heterocycles. The number of aromatic nitrogens is 3. The van der Waals surface area contributed by atoms with Gasteiger partial charge in [-0.2, -0.15) is 23.4 Å². The van der Waals surface area contributed by atoms with Crippen LogP contribution in [-0.4, -0.2) is 67.6 Å². The van der Waals surface area contributed by atoms with E-state index in [0.717, 1.165) is 12.1 Å². The minimum Gasteiger partial charge on any atom is -0.505 e. The summed E-state index contributed by atoms with van der Waals surface area (Å²) in [6.07, 6.45) is 0. The molecule has 0 saturated carbocycles. The summed E-state index contributed by atoms with van der Waals surface area (Å²) in [5, 5.41) is 56.0. The van der Waals surface area contributed by atoms with Gasteiger partial charge in [0, 0.05) is 5.39 Å². The number of aliphatic carboxylic acids is 1. The quantitative estimate of drug-likeness (QED) is 0.0378. The lowest BCUT2D eigenvalue weighted by atomic mass is 10.1. The molecule has 0 fully saturated rings. The predicted molar refractivity (Wildman–Crippen MR) is 149 cm³/mol. The number of fused-ring (bicyclic) bond motifs is 1. The van der Waals surface area contributed by atoms with Crippen LogP contribution in [0.15, 0.2) is 62.5 Å². The van der Waals surface area contributed by atoms with Gasteiger partial charge in [0.25, 0.3) is 10.1 Å². The van der Waals surface area contributed by atoms with Crippen LogP contribution in [0.25, 0.3) is 10.8 Å². The van der Waals surface area contributed by atoms with Crippen LogP contribution in [0.4, 0.5) is 29.0 Å². The number of nitrogens with zero attached hydrogens (tertiary/aromatic N) is 5. The van der Waals surface area contributed by atoms with E-state index in [2.05, 4.69) is 45.2 Å². The number of carboxylic acid groups (broad SMARTS) is 1. The van der Waals surface area contributed by atoms with Gasteiger partial charge in [0.2, 0.25) is 11.9 Å². The van der Waals surface area contributed by atoms with Crippen molar-refractivity contribution in [2.75, 3.05) is 17.7 Å². The molecule has 4 rings (SSSR count). The van der Waals surface area contributed by atoms with E-state index in [0.29, 0.717) is 17.8 Å². The van der Waals surface area contributed by atoms with Gasteiger partial charge in [0.05, 0.1) is 34.6 Å². The number of ether oxygens (including phenoxy) is 1. The average molecular weight is 636 g/mol. The lowest BCUT2D eigenvalue weighted by Crippen LogP contribution is -2.26. The number of aromatic hydroxyl groups is 2. The van der Waals surface area contributed by atoms with Crippen molar-refractivity contribution in [3.8, 4) is 17.5 Å². The van der Waals surface area contributed by atoms with Gasteiger partial charge in [-0.05, 0) is 42.6 Å². The normalized spacial score (nSPS) is 12.4. The van der Waals surface area contributed by atoms with Crippen LogP contribution in [0.2, 0.25) is 0 Å². The molecular formula is C23H21N7O11S2. The van der Waals surface area contributed by atoms with Crippen LogP contribution in [0.5, 0.6) is 17.5 Å². The lowest BCUT2D eigenvalue weighted by Gasteiger charge is -2.15. The summed E-state index contributed by atoms with van der Waals surface area (Å²) < 4.78 is 43.7. The number of carboxylic acids is 1. The van der Waals surface area contributed by atoms with E-state index in [1.165, 1.54) is 20.1 Å². The molecule has 1 aromatic heterocycles. The highest BCUT2D eigenvalue weighted by Gasteiger charge is 2.23. The monoisotopic (exact) mass is 635 g/mol. The third kappa shape index (κ3) is 7.32. The minimum absolute atomic E-state index is 0.00784. The zero-order valence-corrected chi connectivity index (χ0v) is 23.5. The first-order valence-corrected chi connectivity index (χ1v) is 13.8. The molecule has 0 amide bonds. The summed E-state index contributed by atoms with van der Waals surface area (Å²) in [5.41, 5.74) is -0.176. The van der Waals surface area contributed by atoms with Crippen LogP contribution in [0.1, 0.15) is 6.92 Å². The van der Waals surface area contributed by atoms with Crippen LogP contribution in [0.3, 0.4) is 0 Å². The molecule has 1 heterocycles. The van der Waals surface area contributed by atoms with Gasteiger partial charge in [0.15, 0.2) is 5.75 Å². The van der Waals surface area contributed by atoms with E-state index < -0.39 is 44.7 Å². The van der Waals surface area contributed by atoms with Crippen LogP contribution in [0, 0.1) is 0 Å². The molecule has 0 aliphatic carbocycles. The second-order valence-electron chi connectivity index (χ2n) is 8.33. The molecule has 20 heteroatoms. The van der Waals surface area contributed by atoms with Gasteiger partial charge in [-0.1, -0.05) is 17.2 Å². The fraction of sp³-hybridized carbons (Fsp3) is 0.130. The van der Waals surface area contributed by atoms with Crippen molar-refractivity contribution in [1.82, 2.24) is 15.0 Å². The molecule has 43 heavy (non-hydrogen) atoms. The second kappa shape index (κ2) is 13.0. The van der Waals surface area contributed by atoms with E-state index in [4.69, 9.17) is 15.1 Å². The first-order valence-electron chi connectivity index (χ1n) is 11.6. The number of azo groups is 1. The van der Waals surface area contributed by atoms with Crippen molar-refractivity contribution in [1.29, 1.82) is 0 Å². The Morgan fingerprint density at radius 3 is 2.47 bits per heavy atom. The number of phenolic OH excluding ortho intramolecular Hbond substituents is 1. The molecule has 226 valence electrons. The summed E-state index contributed by atoms with van der Waals surface area (Å²) >= 11 is 0.384. The number of para-hydroxylation sites is 1. The van der Waals surface area contributed by atoms with Crippen molar-refractivity contribution in [3.05, 3.63) is 42.5 Å². The van der Waals surface area contributed by atoms with Gasteiger partial charge < -0.3 is 30.7 Å². The molecule has 18 nitrogen and oxygen atoms in total. The fourth-order valence-electron chi connectivity index (χ4n) is 3.60. The maximum absolute atomic E-state index is 12.1. The number of hydrogen-bond acceptors (Lipinski definition) is 17. The average Bonchev–Trinajstić information content (AvgIpc) is 2.94. The lowest BCUT2D eigenvalue weighted by molar-refractivity contribution is -0.432. The molecule has 0 saturated heterocycles. The Labute approximate surface area is 245 Å². The van der Waals surface area contributed by atoms with Crippen molar-refractivity contribution in [3.63, 3.8) is 0 Å². The summed E-state index contributed by atoms with van der Waals surface area (Å²) in [6.45, 7) is 1.29.